The van der Waals surface area contributed by atoms with Crippen LogP contribution in [0.5, 0.6) is 11.5 Å². The van der Waals surface area contributed by atoms with Crippen molar-refractivity contribution >= 4 is 5.96 Å². The zero-order valence-corrected chi connectivity index (χ0v) is 14.4. The highest BCUT2D eigenvalue weighted by atomic mass is 16.7. The third kappa shape index (κ3) is 3.71. The minimum Gasteiger partial charge on any atom is -0.454 e. The number of benzene rings is 2. The minimum atomic E-state index is 0.317. The summed E-state index contributed by atoms with van der Waals surface area (Å²) in [5.74, 6) is 3.12. The molecule has 2 unspecified atom stereocenters. The van der Waals surface area contributed by atoms with Crippen LogP contribution in [0.2, 0.25) is 0 Å². The molecule has 0 aromatic heterocycles. The molecule has 0 spiro atoms. The van der Waals surface area contributed by atoms with E-state index in [-0.39, 0.29) is 0 Å². The Bertz CT molecular complexity index is 761. The molecule has 1 aliphatic heterocycles. The Balaban J connectivity index is 1.25. The van der Waals surface area contributed by atoms with Crippen LogP contribution in [-0.2, 0) is 6.42 Å². The van der Waals surface area contributed by atoms with E-state index in [4.69, 9.17) is 9.47 Å². The van der Waals surface area contributed by atoms with Crippen molar-refractivity contribution in [2.75, 3.05) is 20.4 Å². The quantitative estimate of drug-likeness (QED) is 0.651. The Morgan fingerprint density at radius 2 is 1.96 bits per heavy atom. The number of ether oxygens (including phenoxy) is 2. The van der Waals surface area contributed by atoms with Crippen molar-refractivity contribution in [1.29, 1.82) is 0 Å². The monoisotopic (exact) mass is 337 g/mol. The largest absolute Gasteiger partial charge is 0.454 e. The van der Waals surface area contributed by atoms with Crippen molar-refractivity contribution in [3.63, 3.8) is 0 Å². The van der Waals surface area contributed by atoms with Crippen molar-refractivity contribution in [3.05, 3.63) is 59.7 Å². The van der Waals surface area contributed by atoms with Gasteiger partial charge in [0, 0.05) is 25.6 Å². The summed E-state index contributed by atoms with van der Waals surface area (Å²) in [5, 5.41) is 6.91. The fraction of sp³-hybridized carbons (Fsp3) is 0.350. The number of guanidine groups is 1. The molecule has 0 bridgehead atoms. The molecule has 130 valence electrons. The van der Waals surface area contributed by atoms with E-state index >= 15 is 0 Å². The van der Waals surface area contributed by atoms with Gasteiger partial charge in [-0.1, -0.05) is 36.4 Å². The van der Waals surface area contributed by atoms with Crippen LogP contribution in [0.1, 0.15) is 23.5 Å². The molecule has 4 rings (SSSR count). The zero-order valence-electron chi connectivity index (χ0n) is 14.4. The normalized spacial score (nSPS) is 21.1. The fourth-order valence-electron chi connectivity index (χ4n) is 3.22. The third-order valence-electron chi connectivity index (χ3n) is 4.71. The number of fused-ring (bicyclic) bond motifs is 1. The van der Waals surface area contributed by atoms with Crippen LogP contribution in [0.25, 0.3) is 0 Å². The summed E-state index contributed by atoms with van der Waals surface area (Å²) in [4.78, 5) is 4.34. The standard InChI is InChI=1S/C20H23N3O2/c1-21-20(23-17-12-16(17)15-5-3-2-4-6-15)22-10-9-14-7-8-18-19(11-14)25-13-24-18/h2-8,11,16-17H,9-10,12-13H2,1H3,(H2,21,22,23). The molecule has 25 heavy (non-hydrogen) atoms. The summed E-state index contributed by atoms with van der Waals surface area (Å²) >= 11 is 0. The highest BCUT2D eigenvalue weighted by Gasteiger charge is 2.38. The summed E-state index contributed by atoms with van der Waals surface area (Å²) in [7, 11) is 1.82. The molecule has 5 heteroatoms. The summed E-state index contributed by atoms with van der Waals surface area (Å²) in [6, 6.07) is 17.2. The van der Waals surface area contributed by atoms with Gasteiger partial charge in [-0.2, -0.15) is 0 Å². The first-order valence-corrected chi connectivity index (χ1v) is 8.74. The number of aliphatic imine (C=N–C) groups is 1. The van der Waals surface area contributed by atoms with Gasteiger partial charge in [-0.25, -0.2) is 0 Å². The van der Waals surface area contributed by atoms with E-state index in [2.05, 4.69) is 52.0 Å². The molecule has 1 saturated carbocycles. The first-order chi connectivity index (χ1) is 12.3. The van der Waals surface area contributed by atoms with Gasteiger partial charge in [0.1, 0.15) is 0 Å². The maximum absolute atomic E-state index is 5.42. The average Bonchev–Trinajstić information content (AvgIpc) is 3.26. The highest BCUT2D eigenvalue weighted by molar-refractivity contribution is 5.80. The maximum atomic E-state index is 5.42. The van der Waals surface area contributed by atoms with Gasteiger partial charge >= 0.3 is 0 Å². The van der Waals surface area contributed by atoms with Crippen LogP contribution in [0, 0.1) is 0 Å². The molecule has 0 amide bonds. The first-order valence-electron chi connectivity index (χ1n) is 8.74. The van der Waals surface area contributed by atoms with Crippen LogP contribution in [0.3, 0.4) is 0 Å². The second kappa shape index (κ2) is 7.05. The van der Waals surface area contributed by atoms with E-state index in [0.717, 1.165) is 36.8 Å². The molecule has 5 nitrogen and oxygen atoms in total. The fourth-order valence-corrected chi connectivity index (χ4v) is 3.22. The van der Waals surface area contributed by atoms with Crippen molar-refractivity contribution in [1.82, 2.24) is 10.6 Å². The molecule has 2 aliphatic rings. The van der Waals surface area contributed by atoms with Gasteiger partial charge in [0.15, 0.2) is 17.5 Å². The third-order valence-corrected chi connectivity index (χ3v) is 4.71. The lowest BCUT2D eigenvalue weighted by molar-refractivity contribution is 0.174. The van der Waals surface area contributed by atoms with Gasteiger partial charge in [-0.05, 0) is 36.1 Å². The molecule has 2 aromatic carbocycles. The van der Waals surface area contributed by atoms with E-state index in [1.54, 1.807) is 0 Å². The van der Waals surface area contributed by atoms with Gasteiger partial charge in [0.25, 0.3) is 0 Å². The van der Waals surface area contributed by atoms with Gasteiger partial charge in [-0.3, -0.25) is 4.99 Å². The Morgan fingerprint density at radius 3 is 2.80 bits per heavy atom. The number of hydrogen-bond donors (Lipinski definition) is 2. The van der Waals surface area contributed by atoms with Crippen molar-refractivity contribution < 1.29 is 9.47 Å². The second-order valence-electron chi connectivity index (χ2n) is 6.44. The van der Waals surface area contributed by atoms with Gasteiger partial charge < -0.3 is 20.1 Å². The Morgan fingerprint density at radius 1 is 1.12 bits per heavy atom. The Hall–Kier alpha value is -2.69. The smallest absolute Gasteiger partial charge is 0.231 e. The van der Waals surface area contributed by atoms with Gasteiger partial charge in [0.2, 0.25) is 6.79 Å². The number of nitrogens with one attached hydrogen (secondary N) is 2. The predicted octanol–water partition coefficient (Wildman–Crippen LogP) is 2.68. The van der Waals surface area contributed by atoms with E-state index in [1.165, 1.54) is 11.1 Å². The molecule has 2 aromatic rings. The molecule has 2 atom stereocenters. The van der Waals surface area contributed by atoms with Crippen LogP contribution in [0.4, 0.5) is 0 Å². The molecular weight excluding hydrogens is 314 g/mol. The lowest BCUT2D eigenvalue weighted by atomic mass is 10.1. The van der Waals surface area contributed by atoms with E-state index in [1.807, 2.05) is 19.2 Å². The number of rotatable bonds is 5. The molecular formula is C20H23N3O2. The van der Waals surface area contributed by atoms with Crippen LogP contribution in [0.15, 0.2) is 53.5 Å². The number of hydrogen-bond acceptors (Lipinski definition) is 3. The Labute approximate surface area is 148 Å². The molecule has 2 N–H and O–H groups in total. The molecule has 1 fully saturated rings. The highest BCUT2D eigenvalue weighted by Crippen LogP contribution is 2.40. The number of nitrogens with zero attached hydrogens (tertiary/aromatic N) is 1. The molecule has 1 heterocycles. The van der Waals surface area contributed by atoms with Gasteiger partial charge in [0.05, 0.1) is 0 Å². The van der Waals surface area contributed by atoms with Crippen LogP contribution < -0.4 is 20.1 Å². The SMILES string of the molecule is CN=C(NCCc1ccc2c(c1)OCO2)NC1CC1c1ccccc1. The Kier molecular flexibility index (Phi) is 4.46. The van der Waals surface area contributed by atoms with Crippen molar-refractivity contribution in [2.45, 2.75) is 24.8 Å². The lowest BCUT2D eigenvalue weighted by Crippen LogP contribution is -2.39. The second-order valence-corrected chi connectivity index (χ2v) is 6.44. The minimum absolute atomic E-state index is 0.317. The lowest BCUT2D eigenvalue weighted by Gasteiger charge is -2.12. The molecule has 0 radical (unpaired) electrons. The van der Waals surface area contributed by atoms with E-state index in [9.17, 15) is 0 Å². The topological polar surface area (TPSA) is 54.9 Å². The summed E-state index contributed by atoms with van der Waals surface area (Å²) in [5.41, 5.74) is 2.62. The van der Waals surface area contributed by atoms with Crippen LogP contribution >= 0.6 is 0 Å². The van der Waals surface area contributed by atoms with Crippen LogP contribution in [-0.4, -0.2) is 32.4 Å². The summed E-state index contributed by atoms with van der Waals surface area (Å²) in [6.07, 6.45) is 2.07. The zero-order chi connectivity index (χ0) is 17.1. The van der Waals surface area contributed by atoms with Crippen molar-refractivity contribution in [2.24, 2.45) is 4.99 Å². The maximum Gasteiger partial charge on any atom is 0.231 e. The average molecular weight is 337 g/mol. The van der Waals surface area contributed by atoms with Crippen molar-refractivity contribution in [3.8, 4) is 11.5 Å². The van der Waals surface area contributed by atoms with Gasteiger partial charge in [-0.15, -0.1) is 0 Å². The summed E-state index contributed by atoms with van der Waals surface area (Å²) in [6.45, 7) is 1.14. The molecule has 0 saturated heterocycles. The molecule has 1 aliphatic carbocycles. The predicted molar refractivity (Wildman–Crippen MR) is 98.4 cm³/mol. The summed E-state index contributed by atoms with van der Waals surface area (Å²) < 4.78 is 10.8. The first kappa shape index (κ1) is 15.8. The van der Waals surface area contributed by atoms with E-state index < -0.39 is 0 Å². The van der Waals surface area contributed by atoms with E-state index in [0.29, 0.717) is 18.8 Å².